The lowest BCUT2D eigenvalue weighted by atomic mass is 10.0. The molecule has 0 fully saturated rings. The molecule has 0 radical (unpaired) electrons. The molecule has 6 nitrogen and oxygen atoms in total. The number of hydrogen-bond acceptors (Lipinski definition) is 6. The monoisotopic (exact) mass is 1050 g/mol. The van der Waals surface area contributed by atoms with Crippen LogP contribution >= 0.6 is 0 Å². The van der Waals surface area contributed by atoms with Gasteiger partial charge in [0.2, 0.25) is 0 Å². The van der Waals surface area contributed by atoms with E-state index >= 15 is 0 Å². The van der Waals surface area contributed by atoms with Gasteiger partial charge >= 0.3 is 17.9 Å². The Bertz CT molecular complexity index is 1540. The minimum Gasteiger partial charge on any atom is -0.462 e. The van der Waals surface area contributed by atoms with Crippen LogP contribution in [0.1, 0.15) is 297 Å². The molecule has 0 spiro atoms. The molecule has 0 heterocycles. The summed E-state index contributed by atoms with van der Waals surface area (Å²) in [5.41, 5.74) is 0. The molecule has 1 atom stereocenters. The van der Waals surface area contributed by atoms with E-state index in [0.717, 1.165) is 103 Å². The number of unbranched alkanes of at least 4 members (excludes halogenated alkanes) is 28. The first-order chi connectivity index (χ1) is 37.5. The van der Waals surface area contributed by atoms with E-state index in [-0.39, 0.29) is 31.6 Å². The first-order valence-electron chi connectivity index (χ1n) is 31.9. The fourth-order valence-electron chi connectivity index (χ4n) is 8.84. The van der Waals surface area contributed by atoms with E-state index in [1.54, 1.807) is 0 Å². The number of hydrogen-bond donors (Lipinski definition) is 0. The van der Waals surface area contributed by atoms with E-state index in [1.807, 2.05) is 6.08 Å². The van der Waals surface area contributed by atoms with Gasteiger partial charge in [-0.05, 0) is 89.9 Å². The lowest BCUT2D eigenvalue weighted by Gasteiger charge is -2.18. The van der Waals surface area contributed by atoms with Crippen molar-refractivity contribution < 1.29 is 28.6 Å². The second kappa shape index (κ2) is 63.6. The molecule has 0 saturated carbocycles. The van der Waals surface area contributed by atoms with Gasteiger partial charge in [-0.3, -0.25) is 14.4 Å². The Morgan fingerprint density at radius 3 is 0.855 bits per heavy atom. The first-order valence-corrected chi connectivity index (χ1v) is 31.9. The van der Waals surface area contributed by atoms with Crippen molar-refractivity contribution >= 4 is 17.9 Å². The Kier molecular flexibility index (Phi) is 60.3. The SMILES string of the molecule is CC/C=C\C/C=C\C/C=C\C/C=C\C/C=C\C/C=C\CCC(=O)OC(COC(=O)CCCCC/C=C\C/C=C\C/C=C\CC)COC(=O)CCCCCCCCCCCCCCCCCCCCCCCCCCCC. The molecular weight excluding hydrogens is 937 g/mol. The molecule has 6 heteroatoms. The molecule has 1 unspecified atom stereocenters. The first kappa shape index (κ1) is 72.1. The molecule has 0 rings (SSSR count). The van der Waals surface area contributed by atoms with Gasteiger partial charge in [-0.1, -0.05) is 297 Å². The lowest BCUT2D eigenvalue weighted by Crippen LogP contribution is -2.30. The van der Waals surface area contributed by atoms with Crippen LogP contribution in [0.25, 0.3) is 0 Å². The summed E-state index contributed by atoms with van der Waals surface area (Å²) in [7, 11) is 0. The van der Waals surface area contributed by atoms with Gasteiger partial charge in [0.25, 0.3) is 0 Å². The Hall–Kier alpha value is -3.93. The summed E-state index contributed by atoms with van der Waals surface area (Å²) in [4.78, 5) is 38.2. The van der Waals surface area contributed by atoms with Crippen LogP contribution in [0.4, 0.5) is 0 Å². The highest BCUT2D eigenvalue weighted by Gasteiger charge is 2.19. The molecule has 434 valence electrons. The van der Waals surface area contributed by atoms with Gasteiger partial charge in [-0.25, -0.2) is 0 Å². The summed E-state index contributed by atoms with van der Waals surface area (Å²) in [6.45, 7) is 6.35. The third kappa shape index (κ3) is 60.9. The molecule has 76 heavy (non-hydrogen) atoms. The maximum atomic E-state index is 12.9. The van der Waals surface area contributed by atoms with Crippen LogP contribution in [-0.2, 0) is 28.6 Å². The molecule has 0 aliphatic rings. The van der Waals surface area contributed by atoms with Gasteiger partial charge in [0.1, 0.15) is 13.2 Å². The van der Waals surface area contributed by atoms with Crippen molar-refractivity contribution in [1.82, 2.24) is 0 Å². The van der Waals surface area contributed by atoms with Crippen molar-refractivity contribution in [3.05, 3.63) is 109 Å². The predicted octanol–water partition coefficient (Wildman–Crippen LogP) is 21.8. The fourth-order valence-corrected chi connectivity index (χ4v) is 8.84. The van der Waals surface area contributed by atoms with E-state index in [4.69, 9.17) is 14.2 Å². The van der Waals surface area contributed by atoms with Crippen molar-refractivity contribution in [2.45, 2.75) is 303 Å². The molecule has 0 saturated heterocycles. The molecule has 0 N–H and O–H groups in total. The van der Waals surface area contributed by atoms with Gasteiger partial charge in [-0.15, -0.1) is 0 Å². The van der Waals surface area contributed by atoms with Crippen molar-refractivity contribution in [2.75, 3.05) is 13.2 Å². The largest absolute Gasteiger partial charge is 0.462 e. The maximum absolute atomic E-state index is 12.9. The van der Waals surface area contributed by atoms with E-state index in [1.165, 1.54) is 148 Å². The van der Waals surface area contributed by atoms with Gasteiger partial charge in [0, 0.05) is 19.3 Å². The average molecular weight is 1060 g/mol. The number of rotatable bonds is 57. The molecule has 0 bridgehead atoms. The number of carbonyl (C=O) groups is 3. The quantitative estimate of drug-likeness (QED) is 0.0261. The van der Waals surface area contributed by atoms with Crippen molar-refractivity contribution in [2.24, 2.45) is 0 Å². The van der Waals surface area contributed by atoms with Gasteiger partial charge in [0.05, 0.1) is 0 Å². The second-order valence-electron chi connectivity index (χ2n) is 20.9. The summed E-state index contributed by atoms with van der Waals surface area (Å²) in [6, 6.07) is 0. The number of esters is 3. The zero-order valence-electron chi connectivity index (χ0n) is 49.7. The third-order valence-electron chi connectivity index (χ3n) is 13.5. The van der Waals surface area contributed by atoms with Crippen molar-refractivity contribution in [3.8, 4) is 0 Å². The summed E-state index contributed by atoms with van der Waals surface area (Å²) < 4.78 is 16.8. The fraction of sp³-hybridized carbons (Fsp3) is 0.700. The highest BCUT2D eigenvalue weighted by atomic mass is 16.6. The van der Waals surface area contributed by atoms with Crippen molar-refractivity contribution in [1.29, 1.82) is 0 Å². The zero-order valence-corrected chi connectivity index (χ0v) is 49.7. The smallest absolute Gasteiger partial charge is 0.306 e. The van der Waals surface area contributed by atoms with E-state index in [0.29, 0.717) is 19.3 Å². The summed E-state index contributed by atoms with van der Waals surface area (Å²) >= 11 is 0. The molecule has 0 aliphatic heterocycles. The lowest BCUT2D eigenvalue weighted by molar-refractivity contribution is -0.166. The van der Waals surface area contributed by atoms with Crippen LogP contribution < -0.4 is 0 Å². The van der Waals surface area contributed by atoms with E-state index in [2.05, 4.69) is 124 Å². The summed E-state index contributed by atoms with van der Waals surface area (Å²) in [6.07, 6.45) is 87.0. The van der Waals surface area contributed by atoms with Gasteiger partial charge in [-0.2, -0.15) is 0 Å². The standard InChI is InChI=1S/C70H118O6/c1-4-7-10-13-16-19-22-25-27-29-31-32-33-34-35-36-37-39-40-42-45-48-51-54-57-60-63-69(72)75-66-67(65-74-68(71)62-59-56-53-50-47-44-24-21-18-15-12-9-6-3)76-70(73)64-61-58-55-52-49-46-43-41-38-30-28-26-23-20-17-14-11-8-5-2/h8-9,11-12,17-18,20-21,26,28,38,41,44,46-47,49,55,58,67H,4-7,10,13-16,19,22-25,27,29-37,39-40,42-43,45,48,50-54,56-57,59-66H2,1-3H3/b11-8-,12-9-,20-17-,21-18-,28-26-,41-38-,47-44-,49-46-,58-55-. The maximum Gasteiger partial charge on any atom is 0.306 e. The normalized spacial score (nSPS) is 12.8. The van der Waals surface area contributed by atoms with Crippen LogP contribution in [0.3, 0.4) is 0 Å². The topological polar surface area (TPSA) is 78.9 Å². The van der Waals surface area contributed by atoms with Crippen LogP contribution in [0, 0.1) is 0 Å². The molecule has 0 aromatic heterocycles. The third-order valence-corrected chi connectivity index (χ3v) is 13.5. The van der Waals surface area contributed by atoms with Crippen LogP contribution in [0.15, 0.2) is 109 Å². The summed E-state index contributed by atoms with van der Waals surface area (Å²) in [5.74, 6) is -1.03. The Labute approximate surface area is 470 Å². The molecule has 0 amide bonds. The van der Waals surface area contributed by atoms with Crippen LogP contribution in [0.2, 0.25) is 0 Å². The van der Waals surface area contributed by atoms with Gasteiger partial charge in [0.15, 0.2) is 6.10 Å². The molecule has 0 aromatic rings. The minimum atomic E-state index is -0.832. The Morgan fingerprint density at radius 2 is 0.539 bits per heavy atom. The highest BCUT2D eigenvalue weighted by molar-refractivity contribution is 5.71. The van der Waals surface area contributed by atoms with Crippen molar-refractivity contribution in [3.63, 3.8) is 0 Å². The number of ether oxygens (including phenoxy) is 3. The zero-order chi connectivity index (χ0) is 55.0. The number of carbonyl (C=O) groups excluding carboxylic acids is 3. The molecule has 0 aromatic carbocycles. The Morgan fingerprint density at radius 1 is 0.276 bits per heavy atom. The molecule has 0 aliphatic carbocycles. The Balaban J connectivity index is 4.37. The molecular formula is C70H118O6. The average Bonchev–Trinajstić information content (AvgIpc) is 3.42. The second-order valence-corrected chi connectivity index (χ2v) is 20.9. The minimum absolute atomic E-state index is 0.117. The summed E-state index contributed by atoms with van der Waals surface area (Å²) in [5, 5.41) is 0. The van der Waals surface area contributed by atoms with Gasteiger partial charge < -0.3 is 14.2 Å². The highest BCUT2D eigenvalue weighted by Crippen LogP contribution is 2.17. The number of allylic oxidation sites excluding steroid dienone is 18. The van der Waals surface area contributed by atoms with Crippen LogP contribution in [-0.4, -0.2) is 37.2 Å². The predicted molar refractivity (Wildman–Crippen MR) is 330 cm³/mol. The van der Waals surface area contributed by atoms with Crippen LogP contribution in [0.5, 0.6) is 0 Å². The van der Waals surface area contributed by atoms with E-state index < -0.39 is 12.1 Å². The van der Waals surface area contributed by atoms with E-state index in [9.17, 15) is 14.4 Å².